The molecule has 0 N–H and O–H groups in total. The number of dihydropyridines is 1. The number of nitrogens with zero attached hydrogens (tertiary/aromatic N) is 5. The highest BCUT2D eigenvalue weighted by atomic mass is 15.5. The summed E-state index contributed by atoms with van der Waals surface area (Å²) in [6.45, 7) is 15.6. The van der Waals surface area contributed by atoms with E-state index < -0.39 is 0 Å². The van der Waals surface area contributed by atoms with Gasteiger partial charge >= 0.3 is 0 Å². The highest BCUT2D eigenvalue weighted by Crippen LogP contribution is 2.29. The lowest BCUT2D eigenvalue weighted by atomic mass is 10.0. The zero-order chi connectivity index (χ0) is 17.3. The summed E-state index contributed by atoms with van der Waals surface area (Å²) >= 11 is 0. The van der Waals surface area contributed by atoms with E-state index in [0.717, 1.165) is 29.5 Å². The maximum Gasteiger partial charge on any atom is 0.157 e. The van der Waals surface area contributed by atoms with E-state index in [1.165, 1.54) is 11.3 Å². The number of hydrogen-bond donors (Lipinski definition) is 0. The number of amidine groups is 1. The molecule has 0 bridgehead atoms. The molecule has 0 radical (unpaired) electrons. The molecule has 5 heteroatoms. The van der Waals surface area contributed by atoms with Crippen molar-refractivity contribution in [3.63, 3.8) is 0 Å². The molecular formula is C18H29N5. The fraction of sp³-hybridized carbons (Fsp3) is 0.611. The minimum Gasteiger partial charge on any atom is -0.297 e. The Kier molecular flexibility index (Phi) is 5.07. The molecule has 1 unspecified atom stereocenters. The predicted molar refractivity (Wildman–Crippen MR) is 98.1 cm³/mol. The third-order valence-electron chi connectivity index (χ3n) is 4.23. The van der Waals surface area contributed by atoms with Crippen LogP contribution in [0.2, 0.25) is 0 Å². The van der Waals surface area contributed by atoms with Crippen LogP contribution in [0, 0.1) is 19.8 Å². The Labute approximate surface area is 139 Å². The molecule has 0 saturated heterocycles. The van der Waals surface area contributed by atoms with Gasteiger partial charge in [-0.2, -0.15) is 10.2 Å². The smallest absolute Gasteiger partial charge is 0.157 e. The molecule has 1 aromatic rings. The average molecular weight is 315 g/mol. The standard InChI is InChI=1S/C16H23N5.C2H6/c1-9(2)15-11(4)18-21(12(15)5)14-7-13-8-20(6)19-16(13)17-10(14)3;1-2/h7,9,13H,8H2,1-6H3;1-2H3. The Bertz CT molecular complexity index is 676. The molecule has 0 amide bonds. The molecule has 0 spiro atoms. The highest BCUT2D eigenvalue weighted by molar-refractivity contribution is 6.23. The van der Waals surface area contributed by atoms with Crippen LogP contribution in [0.5, 0.6) is 0 Å². The van der Waals surface area contributed by atoms with Gasteiger partial charge in [0.15, 0.2) is 5.84 Å². The summed E-state index contributed by atoms with van der Waals surface area (Å²) < 4.78 is 2.05. The van der Waals surface area contributed by atoms with Crippen molar-refractivity contribution >= 4 is 17.2 Å². The summed E-state index contributed by atoms with van der Waals surface area (Å²) in [5, 5.41) is 11.2. The number of allylic oxidation sites excluding steroid dienone is 1. The Morgan fingerprint density at radius 2 is 1.83 bits per heavy atom. The van der Waals surface area contributed by atoms with Crippen LogP contribution in [0.15, 0.2) is 16.2 Å². The lowest BCUT2D eigenvalue weighted by Crippen LogP contribution is -2.22. The first-order valence-electron chi connectivity index (χ1n) is 8.52. The van der Waals surface area contributed by atoms with Crippen LogP contribution in [0.4, 0.5) is 0 Å². The van der Waals surface area contributed by atoms with Crippen LogP contribution in [0.25, 0.3) is 5.70 Å². The molecule has 0 aromatic carbocycles. The van der Waals surface area contributed by atoms with Gasteiger partial charge in [-0.3, -0.25) is 5.01 Å². The fourth-order valence-corrected chi connectivity index (χ4v) is 3.38. The minimum absolute atomic E-state index is 0.278. The third kappa shape index (κ3) is 3.09. The zero-order valence-corrected chi connectivity index (χ0v) is 15.7. The van der Waals surface area contributed by atoms with E-state index in [9.17, 15) is 0 Å². The molecule has 2 aliphatic heterocycles. The van der Waals surface area contributed by atoms with Crippen LogP contribution in [-0.4, -0.2) is 39.9 Å². The van der Waals surface area contributed by atoms with Gasteiger partial charge in [-0.25, -0.2) is 9.67 Å². The summed E-state index contributed by atoms with van der Waals surface area (Å²) in [6, 6.07) is 0. The maximum absolute atomic E-state index is 4.75. The molecule has 3 heterocycles. The van der Waals surface area contributed by atoms with Crippen LogP contribution in [0.3, 0.4) is 0 Å². The van der Waals surface area contributed by atoms with E-state index in [1.54, 1.807) is 0 Å². The molecule has 5 nitrogen and oxygen atoms in total. The van der Waals surface area contributed by atoms with Gasteiger partial charge in [0.1, 0.15) is 0 Å². The molecule has 0 aliphatic carbocycles. The largest absolute Gasteiger partial charge is 0.297 e. The number of rotatable bonds is 2. The van der Waals surface area contributed by atoms with Crippen LogP contribution in [0.1, 0.15) is 57.5 Å². The van der Waals surface area contributed by atoms with Crippen molar-refractivity contribution < 1.29 is 0 Å². The summed E-state index contributed by atoms with van der Waals surface area (Å²) in [5.74, 6) is 1.68. The maximum atomic E-state index is 4.75. The summed E-state index contributed by atoms with van der Waals surface area (Å²) in [7, 11) is 1.99. The zero-order valence-electron chi connectivity index (χ0n) is 15.7. The Balaban J connectivity index is 0.000000924. The van der Waals surface area contributed by atoms with Crippen molar-refractivity contribution in [2.24, 2.45) is 16.0 Å². The van der Waals surface area contributed by atoms with Crippen molar-refractivity contribution in [1.82, 2.24) is 14.8 Å². The number of fused-ring (bicyclic) bond motifs is 1. The van der Waals surface area contributed by atoms with E-state index in [-0.39, 0.29) is 5.92 Å². The van der Waals surface area contributed by atoms with Gasteiger partial charge in [-0.05, 0) is 38.3 Å². The summed E-state index contributed by atoms with van der Waals surface area (Å²) in [6.07, 6.45) is 2.26. The van der Waals surface area contributed by atoms with E-state index in [0.29, 0.717) is 5.92 Å². The molecular weight excluding hydrogens is 286 g/mol. The van der Waals surface area contributed by atoms with Gasteiger partial charge in [-0.1, -0.05) is 27.7 Å². The van der Waals surface area contributed by atoms with Gasteiger partial charge in [0.25, 0.3) is 0 Å². The van der Waals surface area contributed by atoms with E-state index >= 15 is 0 Å². The highest BCUT2D eigenvalue weighted by Gasteiger charge is 2.29. The molecule has 3 rings (SSSR count). The minimum atomic E-state index is 0.278. The SMILES string of the molecule is CC.CC1=NC2=NN(C)CC2C=C1n1nc(C)c(C(C)C)c1C. The Hall–Kier alpha value is -1.91. The van der Waals surface area contributed by atoms with Crippen LogP contribution in [-0.2, 0) is 0 Å². The number of hydrazone groups is 1. The van der Waals surface area contributed by atoms with Gasteiger partial charge in [0.2, 0.25) is 0 Å². The topological polar surface area (TPSA) is 45.8 Å². The van der Waals surface area contributed by atoms with E-state index in [4.69, 9.17) is 5.10 Å². The van der Waals surface area contributed by atoms with Crippen LogP contribution < -0.4 is 0 Å². The Morgan fingerprint density at radius 3 is 2.39 bits per heavy atom. The van der Waals surface area contributed by atoms with Gasteiger partial charge in [0, 0.05) is 19.3 Å². The van der Waals surface area contributed by atoms with Crippen molar-refractivity contribution in [1.29, 1.82) is 0 Å². The second-order valence-electron chi connectivity index (χ2n) is 6.31. The Morgan fingerprint density at radius 1 is 1.17 bits per heavy atom. The third-order valence-corrected chi connectivity index (χ3v) is 4.23. The van der Waals surface area contributed by atoms with Crippen molar-refractivity contribution in [2.45, 2.75) is 54.4 Å². The van der Waals surface area contributed by atoms with Crippen molar-refractivity contribution in [2.75, 3.05) is 13.6 Å². The second-order valence-corrected chi connectivity index (χ2v) is 6.31. The lowest BCUT2D eigenvalue weighted by molar-refractivity contribution is 0.376. The number of hydrogen-bond acceptors (Lipinski definition) is 4. The van der Waals surface area contributed by atoms with Crippen molar-refractivity contribution in [3.8, 4) is 0 Å². The number of aryl methyl sites for hydroxylation is 1. The monoisotopic (exact) mass is 315 g/mol. The second kappa shape index (κ2) is 6.69. The van der Waals surface area contributed by atoms with Gasteiger partial charge in [0.05, 0.1) is 23.0 Å². The number of aliphatic imine (C=N–C) groups is 1. The van der Waals surface area contributed by atoms with Crippen molar-refractivity contribution in [3.05, 3.63) is 23.0 Å². The molecule has 0 fully saturated rings. The molecule has 126 valence electrons. The normalized spacial score (nSPS) is 19.8. The van der Waals surface area contributed by atoms with E-state index in [1.807, 2.05) is 32.8 Å². The molecule has 1 atom stereocenters. The predicted octanol–water partition coefficient (Wildman–Crippen LogP) is 3.84. The van der Waals surface area contributed by atoms with Gasteiger partial charge < -0.3 is 0 Å². The first-order chi connectivity index (χ1) is 10.9. The number of aromatic nitrogens is 2. The quantitative estimate of drug-likeness (QED) is 0.832. The molecule has 1 aromatic heterocycles. The summed E-state index contributed by atoms with van der Waals surface area (Å²) in [4.78, 5) is 4.67. The summed E-state index contributed by atoms with van der Waals surface area (Å²) in [5.41, 5.74) is 5.75. The van der Waals surface area contributed by atoms with Gasteiger partial charge in [-0.15, -0.1) is 0 Å². The first kappa shape index (κ1) is 17.4. The molecule has 2 aliphatic rings. The lowest BCUT2D eigenvalue weighted by Gasteiger charge is -2.18. The molecule has 0 saturated carbocycles. The molecule has 23 heavy (non-hydrogen) atoms. The average Bonchev–Trinajstić information content (AvgIpc) is 2.98. The van der Waals surface area contributed by atoms with Crippen LogP contribution >= 0.6 is 0 Å². The fourth-order valence-electron chi connectivity index (χ4n) is 3.38. The first-order valence-corrected chi connectivity index (χ1v) is 8.52. The van der Waals surface area contributed by atoms with E-state index in [2.05, 4.69) is 48.5 Å².